The zero-order valence-electron chi connectivity index (χ0n) is 9.76. The van der Waals surface area contributed by atoms with Crippen LogP contribution >= 0.6 is 11.6 Å². The van der Waals surface area contributed by atoms with Gasteiger partial charge in [-0.1, -0.05) is 24.1 Å². The Morgan fingerprint density at radius 2 is 2.24 bits per heavy atom. The van der Waals surface area contributed by atoms with Gasteiger partial charge in [0.2, 0.25) is 0 Å². The summed E-state index contributed by atoms with van der Waals surface area (Å²) in [6, 6.07) is 5.60. The first-order valence-electron chi connectivity index (χ1n) is 6.09. The second-order valence-electron chi connectivity index (χ2n) is 4.65. The van der Waals surface area contributed by atoms with Crippen LogP contribution in [0.25, 0.3) is 0 Å². The molecule has 1 aromatic carbocycles. The number of rotatable bonds is 4. The zero-order chi connectivity index (χ0) is 12.3. The first-order chi connectivity index (χ1) is 8.16. The third kappa shape index (κ3) is 3.41. The van der Waals surface area contributed by atoms with Gasteiger partial charge < -0.3 is 11.1 Å². The van der Waals surface area contributed by atoms with E-state index in [-0.39, 0.29) is 16.9 Å². The third-order valence-corrected chi connectivity index (χ3v) is 3.66. The van der Waals surface area contributed by atoms with Crippen LogP contribution in [0.5, 0.6) is 0 Å². The molecule has 0 aliphatic heterocycles. The van der Waals surface area contributed by atoms with Crippen molar-refractivity contribution in [2.75, 3.05) is 6.54 Å². The average molecular weight is 257 g/mol. The standard InChI is InChI=1S/C13H18ClFN2/c14-10-8-9(4-5-11(10)15)6-7-17-13-3-1-2-12(13)16/h4-5,8,12-13,17H,1-3,6-7,16H2. The number of hydrogen-bond donors (Lipinski definition) is 2. The Balaban J connectivity index is 1.79. The lowest BCUT2D eigenvalue weighted by Gasteiger charge is -2.17. The molecule has 1 aliphatic carbocycles. The molecule has 1 fully saturated rings. The predicted molar refractivity (Wildman–Crippen MR) is 68.7 cm³/mol. The highest BCUT2D eigenvalue weighted by molar-refractivity contribution is 6.30. The molecule has 94 valence electrons. The Bertz CT molecular complexity index is 384. The topological polar surface area (TPSA) is 38.0 Å². The summed E-state index contributed by atoms with van der Waals surface area (Å²) in [6.07, 6.45) is 4.33. The van der Waals surface area contributed by atoms with Gasteiger partial charge in [-0.05, 0) is 43.5 Å². The Kier molecular flexibility index (Phi) is 4.37. The first kappa shape index (κ1) is 12.8. The molecule has 1 saturated carbocycles. The first-order valence-corrected chi connectivity index (χ1v) is 6.47. The number of nitrogens with one attached hydrogen (secondary N) is 1. The maximum absolute atomic E-state index is 13.0. The quantitative estimate of drug-likeness (QED) is 0.869. The third-order valence-electron chi connectivity index (χ3n) is 3.37. The van der Waals surface area contributed by atoms with Gasteiger partial charge in [0.25, 0.3) is 0 Å². The van der Waals surface area contributed by atoms with Crippen molar-refractivity contribution in [3.8, 4) is 0 Å². The lowest BCUT2D eigenvalue weighted by atomic mass is 10.1. The molecule has 0 aromatic heterocycles. The minimum atomic E-state index is -0.360. The highest BCUT2D eigenvalue weighted by Crippen LogP contribution is 2.18. The smallest absolute Gasteiger partial charge is 0.141 e. The molecule has 0 heterocycles. The molecule has 2 atom stereocenters. The van der Waals surface area contributed by atoms with Gasteiger partial charge in [-0.15, -0.1) is 0 Å². The lowest BCUT2D eigenvalue weighted by Crippen LogP contribution is -2.41. The van der Waals surface area contributed by atoms with E-state index in [1.807, 2.05) is 0 Å². The second-order valence-corrected chi connectivity index (χ2v) is 5.06. The van der Waals surface area contributed by atoms with Gasteiger partial charge in [-0.25, -0.2) is 4.39 Å². The SMILES string of the molecule is NC1CCCC1NCCc1ccc(F)c(Cl)c1. The number of hydrogen-bond acceptors (Lipinski definition) is 2. The van der Waals surface area contributed by atoms with E-state index in [2.05, 4.69) is 5.32 Å². The Labute approximate surface area is 106 Å². The largest absolute Gasteiger partial charge is 0.326 e. The van der Waals surface area contributed by atoms with Crippen LogP contribution in [0.1, 0.15) is 24.8 Å². The van der Waals surface area contributed by atoms with Gasteiger partial charge in [0.15, 0.2) is 0 Å². The summed E-state index contributed by atoms with van der Waals surface area (Å²) < 4.78 is 13.0. The van der Waals surface area contributed by atoms with Crippen LogP contribution < -0.4 is 11.1 Å². The van der Waals surface area contributed by atoms with Gasteiger partial charge in [0.1, 0.15) is 5.82 Å². The summed E-state index contributed by atoms with van der Waals surface area (Å²) in [4.78, 5) is 0. The summed E-state index contributed by atoms with van der Waals surface area (Å²) in [5, 5.41) is 3.65. The summed E-state index contributed by atoms with van der Waals surface area (Å²) >= 11 is 5.73. The highest BCUT2D eigenvalue weighted by Gasteiger charge is 2.22. The number of benzene rings is 1. The maximum atomic E-state index is 13.0. The molecular weight excluding hydrogens is 239 g/mol. The maximum Gasteiger partial charge on any atom is 0.141 e. The van der Waals surface area contributed by atoms with Crippen molar-refractivity contribution in [1.29, 1.82) is 0 Å². The van der Waals surface area contributed by atoms with Gasteiger partial charge in [-0.2, -0.15) is 0 Å². The minimum Gasteiger partial charge on any atom is -0.326 e. The summed E-state index contributed by atoms with van der Waals surface area (Å²) in [5.41, 5.74) is 7.02. The van der Waals surface area contributed by atoms with Crippen molar-refractivity contribution in [2.24, 2.45) is 5.73 Å². The van der Waals surface area contributed by atoms with Gasteiger partial charge in [0.05, 0.1) is 5.02 Å². The molecule has 17 heavy (non-hydrogen) atoms. The lowest BCUT2D eigenvalue weighted by molar-refractivity contribution is 0.479. The van der Waals surface area contributed by atoms with E-state index in [1.165, 1.54) is 12.5 Å². The van der Waals surface area contributed by atoms with Gasteiger partial charge in [-0.3, -0.25) is 0 Å². The fraction of sp³-hybridized carbons (Fsp3) is 0.538. The minimum absolute atomic E-state index is 0.195. The molecule has 0 radical (unpaired) electrons. The molecule has 1 aliphatic rings. The van der Waals surface area contributed by atoms with E-state index in [9.17, 15) is 4.39 Å². The van der Waals surface area contributed by atoms with E-state index in [0.29, 0.717) is 6.04 Å². The fourth-order valence-electron chi connectivity index (χ4n) is 2.34. The molecule has 0 amide bonds. The van der Waals surface area contributed by atoms with Gasteiger partial charge in [0, 0.05) is 12.1 Å². The zero-order valence-corrected chi connectivity index (χ0v) is 10.5. The molecule has 0 saturated heterocycles. The van der Waals surface area contributed by atoms with Crippen LogP contribution in [0.15, 0.2) is 18.2 Å². The Morgan fingerprint density at radius 3 is 2.88 bits per heavy atom. The molecule has 2 rings (SSSR count). The molecule has 0 spiro atoms. The monoisotopic (exact) mass is 256 g/mol. The van der Waals surface area contributed by atoms with Crippen LogP contribution in [0, 0.1) is 5.82 Å². The molecular formula is C13H18ClFN2. The Morgan fingerprint density at radius 1 is 1.41 bits per heavy atom. The van der Waals surface area contributed by atoms with E-state index in [1.54, 1.807) is 12.1 Å². The molecule has 2 unspecified atom stereocenters. The van der Waals surface area contributed by atoms with Crippen LogP contribution in [0.2, 0.25) is 5.02 Å². The van der Waals surface area contributed by atoms with Crippen molar-refractivity contribution >= 4 is 11.6 Å². The predicted octanol–water partition coefficient (Wildman–Crippen LogP) is 2.49. The average Bonchev–Trinajstić information content (AvgIpc) is 2.70. The van der Waals surface area contributed by atoms with Crippen molar-refractivity contribution in [1.82, 2.24) is 5.32 Å². The summed E-state index contributed by atoms with van der Waals surface area (Å²) in [6.45, 7) is 0.861. The molecule has 0 bridgehead atoms. The molecule has 1 aromatic rings. The number of nitrogens with two attached hydrogens (primary N) is 1. The normalized spacial score (nSPS) is 24.2. The van der Waals surface area contributed by atoms with Crippen molar-refractivity contribution in [2.45, 2.75) is 37.8 Å². The van der Waals surface area contributed by atoms with Crippen molar-refractivity contribution < 1.29 is 4.39 Å². The van der Waals surface area contributed by atoms with Crippen LogP contribution in [0.3, 0.4) is 0 Å². The summed E-state index contributed by atoms with van der Waals surface area (Å²) in [5.74, 6) is -0.360. The van der Waals surface area contributed by atoms with E-state index in [0.717, 1.165) is 31.4 Å². The number of halogens is 2. The van der Waals surface area contributed by atoms with E-state index < -0.39 is 0 Å². The van der Waals surface area contributed by atoms with Crippen LogP contribution in [-0.4, -0.2) is 18.6 Å². The van der Waals surface area contributed by atoms with E-state index in [4.69, 9.17) is 17.3 Å². The molecule has 2 nitrogen and oxygen atoms in total. The highest BCUT2D eigenvalue weighted by atomic mass is 35.5. The van der Waals surface area contributed by atoms with E-state index >= 15 is 0 Å². The molecule has 4 heteroatoms. The summed E-state index contributed by atoms with van der Waals surface area (Å²) in [7, 11) is 0. The van der Waals surface area contributed by atoms with Crippen LogP contribution in [0.4, 0.5) is 4.39 Å². The fourth-order valence-corrected chi connectivity index (χ4v) is 2.54. The van der Waals surface area contributed by atoms with Crippen LogP contribution in [-0.2, 0) is 6.42 Å². The van der Waals surface area contributed by atoms with Gasteiger partial charge >= 0.3 is 0 Å². The second kappa shape index (κ2) is 5.80. The Hall–Kier alpha value is -0.640. The molecule has 3 N–H and O–H groups in total. The van der Waals surface area contributed by atoms with Crippen molar-refractivity contribution in [3.63, 3.8) is 0 Å². The van der Waals surface area contributed by atoms with Crippen molar-refractivity contribution in [3.05, 3.63) is 34.6 Å².